The highest BCUT2D eigenvalue weighted by Gasteiger charge is 2.15. The minimum absolute atomic E-state index is 0.0330. The van der Waals surface area contributed by atoms with E-state index in [9.17, 15) is 4.79 Å². The van der Waals surface area contributed by atoms with E-state index in [-0.39, 0.29) is 5.78 Å². The van der Waals surface area contributed by atoms with E-state index < -0.39 is 0 Å². The van der Waals surface area contributed by atoms with Gasteiger partial charge < -0.3 is 0 Å². The highest BCUT2D eigenvalue weighted by molar-refractivity contribution is 6.07. The molecule has 2 rings (SSSR count). The van der Waals surface area contributed by atoms with Gasteiger partial charge in [0.15, 0.2) is 0 Å². The van der Waals surface area contributed by atoms with Crippen molar-refractivity contribution < 1.29 is 4.79 Å². The molecular formula is C10H10N2O. The molecule has 1 aromatic rings. The lowest BCUT2D eigenvalue weighted by atomic mass is 10.1. The van der Waals surface area contributed by atoms with Crippen LogP contribution in [0.15, 0.2) is 30.2 Å². The molecule has 0 atom stereocenters. The van der Waals surface area contributed by atoms with E-state index in [1.165, 1.54) is 6.20 Å². The molecule has 3 heteroatoms. The topological polar surface area (TPSA) is 42.9 Å². The molecule has 0 radical (unpaired) electrons. The van der Waals surface area contributed by atoms with Crippen molar-refractivity contribution >= 4 is 5.78 Å². The van der Waals surface area contributed by atoms with Crippen LogP contribution in [-0.2, 0) is 0 Å². The summed E-state index contributed by atoms with van der Waals surface area (Å²) in [6, 6.07) is 0. The van der Waals surface area contributed by atoms with Crippen LogP contribution in [0.25, 0.3) is 0 Å². The van der Waals surface area contributed by atoms with E-state index in [2.05, 4.69) is 9.97 Å². The number of nitrogens with zero attached hydrogens (tertiary/aromatic N) is 2. The van der Waals surface area contributed by atoms with Gasteiger partial charge in [0.05, 0.1) is 6.20 Å². The summed E-state index contributed by atoms with van der Waals surface area (Å²) >= 11 is 0. The van der Waals surface area contributed by atoms with E-state index in [4.69, 9.17) is 0 Å². The monoisotopic (exact) mass is 174 g/mol. The number of ketones is 1. The molecule has 1 heterocycles. The van der Waals surface area contributed by atoms with Crippen LogP contribution in [-0.4, -0.2) is 15.8 Å². The van der Waals surface area contributed by atoms with E-state index in [0.717, 1.165) is 24.8 Å². The van der Waals surface area contributed by atoms with Crippen LogP contribution >= 0.6 is 0 Å². The van der Waals surface area contributed by atoms with Crippen LogP contribution in [0.5, 0.6) is 0 Å². The number of carbonyl (C=O) groups excluding carboxylic acids is 1. The molecule has 0 amide bonds. The Kier molecular flexibility index (Phi) is 2.17. The van der Waals surface area contributed by atoms with Gasteiger partial charge in [-0.15, -0.1) is 0 Å². The summed E-state index contributed by atoms with van der Waals surface area (Å²) in [6.45, 7) is 0. The first-order chi connectivity index (χ1) is 6.38. The maximum absolute atomic E-state index is 11.7. The zero-order valence-corrected chi connectivity index (χ0v) is 7.23. The maximum Gasteiger partial charge on any atom is 0.208 e. The van der Waals surface area contributed by atoms with Crippen molar-refractivity contribution in [3.05, 3.63) is 35.9 Å². The molecule has 3 nitrogen and oxygen atoms in total. The smallest absolute Gasteiger partial charge is 0.208 e. The average Bonchev–Trinajstić information content (AvgIpc) is 2.71. The fourth-order valence-corrected chi connectivity index (χ4v) is 1.46. The summed E-state index contributed by atoms with van der Waals surface area (Å²) < 4.78 is 0. The van der Waals surface area contributed by atoms with Gasteiger partial charge in [-0.2, -0.15) is 0 Å². The molecule has 1 aliphatic rings. The average molecular weight is 174 g/mol. The van der Waals surface area contributed by atoms with Crippen molar-refractivity contribution in [2.45, 2.75) is 19.3 Å². The third-order valence-corrected chi connectivity index (χ3v) is 2.13. The van der Waals surface area contributed by atoms with Crippen LogP contribution < -0.4 is 0 Å². The van der Waals surface area contributed by atoms with E-state index in [1.54, 1.807) is 12.4 Å². The van der Waals surface area contributed by atoms with Crippen LogP contribution in [0.2, 0.25) is 0 Å². The van der Waals surface area contributed by atoms with Crippen molar-refractivity contribution in [2.24, 2.45) is 0 Å². The molecule has 0 unspecified atom stereocenters. The summed E-state index contributed by atoms with van der Waals surface area (Å²) in [5, 5.41) is 0. The Labute approximate surface area is 76.5 Å². The predicted octanol–water partition coefficient (Wildman–Crippen LogP) is 1.77. The number of allylic oxidation sites excluding steroid dienone is 2. The Bertz CT molecular complexity index is 343. The third-order valence-electron chi connectivity index (χ3n) is 2.13. The van der Waals surface area contributed by atoms with Gasteiger partial charge in [-0.05, 0) is 24.8 Å². The molecule has 0 saturated heterocycles. The standard InChI is InChI=1S/C10H10N2O/c13-10(8-3-1-2-4-8)9-7-11-5-6-12-9/h3,5-7H,1-2,4H2. The van der Waals surface area contributed by atoms with Gasteiger partial charge >= 0.3 is 0 Å². The molecule has 1 aliphatic carbocycles. The number of hydrogen-bond acceptors (Lipinski definition) is 3. The molecular weight excluding hydrogens is 164 g/mol. The minimum atomic E-state index is 0.0330. The summed E-state index contributed by atoms with van der Waals surface area (Å²) in [5.41, 5.74) is 1.34. The first kappa shape index (κ1) is 8.10. The van der Waals surface area contributed by atoms with Gasteiger partial charge in [0, 0.05) is 12.4 Å². The molecule has 0 N–H and O–H groups in total. The lowest BCUT2D eigenvalue weighted by Gasteiger charge is -1.98. The van der Waals surface area contributed by atoms with Gasteiger partial charge in [-0.1, -0.05) is 6.08 Å². The molecule has 0 fully saturated rings. The fraction of sp³-hybridized carbons (Fsp3) is 0.300. The van der Waals surface area contributed by atoms with Gasteiger partial charge in [0.1, 0.15) is 5.69 Å². The Morgan fingerprint density at radius 1 is 1.38 bits per heavy atom. The first-order valence-electron chi connectivity index (χ1n) is 4.37. The zero-order chi connectivity index (χ0) is 9.10. The van der Waals surface area contributed by atoms with Crippen LogP contribution in [0.3, 0.4) is 0 Å². The Hall–Kier alpha value is -1.51. The molecule has 0 aromatic carbocycles. The molecule has 1 aromatic heterocycles. The van der Waals surface area contributed by atoms with Gasteiger partial charge in [-0.25, -0.2) is 4.98 Å². The second kappa shape index (κ2) is 3.47. The second-order valence-corrected chi connectivity index (χ2v) is 3.04. The minimum Gasteiger partial charge on any atom is -0.287 e. The van der Waals surface area contributed by atoms with Crippen molar-refractivity contribution in [3.63, 3.8) is 0 Å². The Morgan fingerprint density at radius 2 is 2.31 bits per heavy atom. The lowest BCUT2D eigenvalue weighted by Crippen LogP contribution is -2.04. The second-order valence-electron chi connectivity index (χ2n) is 3.04. The van der Waals surface area contributed by atoms with Crippen LogP contribution in [0.1, 0.15) is 29.8 Å². The number of aromatic nitrogens is 2. The van der Waals surface area contributed by atoms with Crippen LogP contribution in [0.4, 0.5) is 0 Å². The van der Waals surface area contributed by atoms with Crippen molar-refractivity contribution in [3.8, 4) is 0 Å². The van der Waals surface area contributed by atoms with Crippen molar-refractivity contribution in [2.75, 3.05) is 0 Å². The molecule has 0 spiro atoms. The quantitative estimate of drug-likeness (QED) is 0.642. The highest BCUT2D eigenvalue weighted by atomic mass is 16.1. The molecule has 13 heavy (non-hydrogen) atoms. The molecule has 0 saturated carbocycles. The van der Waals surface area contributed by atoms with Crippen molar-refractivity contribution in [1.29, 1.82) is 0 Å². The first-order valence-corrected chi connectivity index (χ1v) is 4.37. The maximum atomic E-state index is 11.7. The highest BCUT2D eigenvalue weighted by Crippen LogP contribution is 2.20. The number of hydrogen-bond donors (Lipinski definition) is 0. The SMILES string of the molecule is O=C(C1=CCCC1)c1cnccn1. The largest absolute Gasteiger partial charge is 0.287 e. The Balaban J connectivity index is 2.23. The van der Waals surface area contributed by atoms with Gasteiger partial charge in [0.2, 0.25) is 5.78 Å². The normalized spacial score (nSPS) is 15.5. The summed E-state index contributed by atoms with van der Waals surface area (Å²) in [6.07, 6.45) is 9.61. The zero-order valence-electron chi connectivity index (χ0n) is 7.23. The predicted molar refractivity (Wildman–Crippen MR) is 48.3 cm³/mol. The lowest BCUT2D eigenvalue weighted by molar-refractivity contribution is 0.102. The number of carbonyl (C=O) groups is 1. The molecule has 0 bridgehead atoms. The Morgan fingerprint density at radius 3 is 2.92 bits per heavy atom. The van der Waals surface area contributed by atoms with E-state index in [0.29, 0.717) is 5.69 Å². The fourth-order valence-electron chi connectivity index (χ4n) is 1.46. The van der Waals surface area contributed by atoms with Crippen LogP contribution in [0, 0.1) is 0 Å². The van der Waals surface area contributed by atoms with Gasteiger partial charge in [0.25, 0.3) is 0 Å². The van der Waals surface area contributed by atoms with Gasteiger partial charge in [-0.3, -0.25) is 9.78 Å². The summed E-state index contributed by atoms with van der Waals surface area (Å²) in [5.74, 6) is 0.0330. The molecule has 66 valence electrons. The van der Waals surface area contributed by atoms with Crippen molar-refractivity contribution in [1.82, 2.24) is 9.97 Å². The van der Waals surface area contributed by atoms with E-state index in [1.807, 2.05) is 6.08 Å². The number of Topliss-reactive ketones (excluding diaryl/α,β-unsaturated/α-hetero) is 1. The third kappa shape index (κ3) is 1.64. The number of rotatable bonds is 2. The summed E-state index contributed by atoms with van der Waals surface area (Å²) in [4.78, 5) is 19.5. The summed E-state index contributed by atoms with van der Waals surface area (Å²) in [7, 11) is 0. The van der Waals surface area contributed by atoms with E-state index >= 15 is 0 Å². The molecule has 0 aliphatic heterocycles.